The van der Waals surface area contributed by atoms with Gasteiger partial charge >= 0.3 is 0 Å². The maximum absolute atomic E-state index is 12.2. The van der Waals surface area contributed by atoms with Crippen LogP contribution in [0, 0.1) is 6.92 Å². The molecule has 0 radical (unpaired) electrons. The average Bonchev–Trinajstić information content (AvgIpc) is 3.07. The number of sulfonamides is 1. The molecule has 2 heterocycles. The van der Waals surface area contributed by atoms with Gasteiger partial charge in [0.15, 0.2) is 0 Å². The largest absolute Gasteiger partial charge is 0.275 e. The number of nitrogens with zero attached hydrogens (tertiary/aromatic N) is 3. The first kappa shape index (κ1) is 18.0. The second-order valence-electron chi connectivity index (χ2n) is 6.06. The van der Waals surface area contributed by atoms with Crippen LogP contribution in [-0.2, 0) is 23.6 Å². The number of nitrogens with one attached hydrogen (secondary N) is 1. The van der Waals surface area contributed by atoms with E-state index in [0.717, 1.165) is 27.8 Å². The van der Waals surface area contributed by atoms with Crippen LogP contribution in [0.15, 0.2) is 60.5 Å². The zero-order chi connectivity index (χ0) is 18.6. The molecule has 0 bridgehead atoms. The molecule has 7 heteroatoms. The molecule has 1 aromatic carbocycles. The van der Waals surface area contributed by atoms with Gasteiger partial charge in [-0.25, -0.2) is 13.1 Å². The summed E-state index contributed by atoms with van der Waals surface area (Å²) in [5.41, 5.74) is 4.57. The molecule has 0 saturated carbocycles. The Morgan fingerprint density at radius 2 is 1.88 bits per heavy atom. The summed E-state index contributed by atoms with van der Waals surface area (Å²) in [4.78, 5) is 4.18. The molecule has 0 aliphatic heterocycles. The van der Waals surface area contributed by atoms with Crippen molar-refractivity contribution >= 4 is 16.1 Å². The zero-order valence-corrected chi connectivity index (χ0v) is 15.4. The van der Waals surface area contributed by atoms with Crippen LogP contribution in [0.1, 0.15) is 16.7 Å². The molecule has 0 fully saturated rings. The lowest BCUT2D eigenvalue weighted by Gasteiger charge is -2.05. The highest BCUT2D eigenvalue weighted by molar-refractivity contribution is 7.92. The molecule has 6 nitrogen and oxygen atoms in total. The number of rotatable bonds is 6. The number of hydrogen-bond donors (Lipinski definition) is 1. The van der Waals surface area contributed by atoms with E-state index < -0.39 is 10.0 Å². The summed E-state index contributed by atoms with van der Waals surface area (Å²) >= 11 is 0. The van der Waals surface area contributed by atoms with E-state index in [1.807, 2.05) is 50.5 Å². The van der Waals surface area contributed by atoms with Crippen LogP contribution in [-0.4, -0.2) is 23.2 Å². The third kappa shape index (κ3) is 4.87. The predicted octanol–water partition coefficient (Wildman–Crippen LogP) is 2.88. The first-order chi connectivity index (χ1) is 12.4. The van der Waals surface area contributed by atoms with Gasteiger partial charge in [-0.2, -0.15) is 5.10 Å². The van der Waals surface area contributed by atoms with Crippen LogP contribution in [0.5, 0.6) is 0 Å². The Balaban J connectivity index is 1.67. The summed E-state index contributed by atoms with van der Waals surface area (Å²) in [7, 11) is -1.69. The highest BCUT2D eigenvalue weighted by atomic mass is 32.2. The van der Waals surface area contributed by atoms with Crippen LogP contribution in [0.25, 0.3) is 17.2 Å². The number of aromatic nitrogens is 3. The van der Waals surface area contributed by atoms with Crippen molar-refractivity contribution in [3.63, 3.8) is 0 Å². The van der Waals surface area contributed by atoms with Gasteiger partial charge in [0.2, 0.25) is 10.0 Å². The average molecular weight is 368 g/mol. The van der Waals surface area contributed by atoms with Crippen molar-refractivity contribution in [1.29, 1.82) is 0 Å². The SMILES string of the molecule is Cc1ccc(/C=C/S(=O)(=O)NCc2cncc(-c3cnn(C)c3)c2)cc1. The van der Waals surface area contributed by atoms with Gasteiger partial charge in [0.05, 0.1) is 6.20 Å². The quantitative estimate of drug-likeness (QED) is 0.726. The number of benzene rings is 1. The maximum Gasteiger partial charge on any atom is 0.234 e. The van der Waals surface area contributed by atoms with E-state index in [1.165, 1.54) is 5.41 Å². The smallest absolute Gasteiger partial charge is 0.234 e. The number of aryl methyl sites for hydroxylation is 2. The van der Waals surface area contributed by atoms with Gasteiger partial charge in [-0.15, -0.1) is 0 Å². The lowest BCUT2D eigenvalue weighted by Crippen LogP contribution is -2.20. The summed E-state index contributed by atoms with van der Waals surface area (Å²) in [6.45, 7) is 2.15. The van der Waals surface area contributed by atoms with E-state index in [1.54, 1.807) is 29.3 Å². The van der Waals surface area contributed by atoms with Crippen molar-refractivity contribution in [2.45, 2.75) is 13.5 Å². The van der Waals surface area contributed by atoms with E-state index in [9.17, 15) is 8.42 Å². The van der Waals surface area contributed by atoms with E-state index in [4.69, 9.17) is 0 Å². The minimum Gasteiger partial charge on any atom is -0.275 e. The Morgan fingerprint density at radius 3 is 2.58 bits per heavy atom. The highest BCUT2D eigenvalue weighted by Crippen LogP contribution is 2.18. The summed E-state index contributed by atoms with van der Waals surface area (Å²) in [5.74, 6) is 0. The molecule has 0 spiro atoms. The fourth-order valence-electron chi connectivity index (χ4n) is 2.39. The Morgan fingerprint density at radius 1 is 1.12 bits per heavy atom. The van der Waals surface area contributed by atoms with Crippen molar-refractivity contribution in [3.8, 4) is 11.1 Å². The van der Waals surface area contributed by atoms with Gasteiger partial charge in [-0.3, -0.25) is 9.67 Å². The Hall–Kier alpha value is -2.77. The molecule has 0 amide bonds. The number of hydrogen-bond acceptors (Lipinski definition) is 4. The Bertz CT molecular complexity index is 1020. The molecule has 3 aromatic rings. The summed E-state index contributed by atoms with van der Waals surface area (Å²) in [6, 6.07) is 9.53. The van der Waals surface area contributed by atoms with Gasteiger partial charge in [0, 0.05) is 48.7 Å². The van der Waals surface area contributed by atoms with Crippen molar-refractivity contribution in [2.75, 3.05) is 0 Å². The summed E-state index contributed by atoms with van der Waals surface area (Å²) < 4.78 is 28.6. The van der Waals surface area contributed by atoms with E-state index in [2.05, 4.69) is 14.8 Å². The van der Waals surface area contributed by atoms with E-state index in [0.29, 0.717) is 0 Å². The van der Waals surface area contributed by atoms with Gasteiger partial charge in [-0.1, -0.05) is 29.8 Å². The molecule has 0 aliphatic rings. The molecule has 26 heavy (non-hydrogen) atoms. The predicted molar refractivity (Wildman–Crippen MR) is 102 cm³/mol. The third-order valence-corrected chi connectivity index (χ3v) is 4.87. The van der Waals surface area contributed by atoms with Crippen LogP contribution in [0.4, 0.5) is 0 Å². The molecule has 0 unspecified atom stereocenters. The monoisotopic (exact) mass is 368 g/mol. The summed E-state index contributed by atoms with van der Waals surface area (Å²) in [5, 5.41) is 5.31. The fraction of sp³-hybridized carbons (Fsp3) is 0.158. The number of pyridine rings is 1. The first-order valence-electron chi connectivity index (χ1n) is 8.09. The van der Waals surface area contributed by atoms with E-state index in [-0.39, 0.29) is 6.54 Å². The third-order valence-electron chi connectivity index (χ3n) is 3.83. The minimum atomic E-state index is -3.54. The van der Waals surface area contributed by atoms with Gasteiger partial charge in [-0.05, 0) is 30.2 Å². The van der Waals surface area contributed by atoms with Crippen molar-refractivity contribution in [2.24, 2.45) is 7.05 Å². The second kappa shape index (κ2) is 7.63. The zero-order valence-electron chi connectivity index (χ0n) is 14.6. The molecule has 3 rings (SSSR count). The molecule has 0 atom stereocenters. The molecule has 0 saturated heterocycles. The van der Waals surface area contributed by atoms with Gasteiger partial charge in [0.1, 0.15) is 0 Å². The van der Waals surface area contributed by atoms with Gasteiger partial charge in [0.25, 0.3) is 0 Å². The molecule has 0 aliphatic carbocycles. The standard InChI is InChI=1S/C19H20N4O2S/c1-15-3-5-16(6-4-15)7-8-26(24,25)22-11-17-9-18(12-20-10-17)19-13-21-23(2)14-19/h3-10,12-14,22H,11H2,1-2H3/b8-7+. The molecule has 2 aromatic heterocycles. The molecule has 1 N–H and O–H groups in total. The lowest BCUT2D eigenvalue weighted by molar-refractivity contribution is 0.590. The summed E-state index contributed by atoms with van der Waals surface area (Å²) in [6.07, 6.45) is 8.58. The van der Waals surface area contributed by atoms with Crippen molar-refractivity contribution in [3.05, 3.63) is 77.2 Å². The van der Waals surface area contributed by atoms with E-state index >= 15 is 0 Å². The molecular weight excluding hydrogens is 348 g/mol. The molecular formula is C19H20N4O2S. The van der Waals surface area contributed by atoms with Crippen LogP contribution < -0.4 is 4.72 Å². The van der Waals surface area contributed by atoms with Crippen LogP contribution >= 0.6 is 0 Å². The molecule has 134 valence electrons. The second-order valence-corrected chi connectivity index (χ2v) is 7.71. The van der Waals surface area contributed by atoms with Crippen LogP contribution in [0.3, 0.4) is 0 Å². The van der Waals surface area contributed by atoms with Crippen LogP contribution in [0.2, 0.25) is 0 Å². The minimum absolute atomic E-state index is 0.168. The fourth-order valence-corrected chi connectivity index (χ4v) is 3.19. The van der Waals surface area contributed by atoms with Crippen molar-refractivity contribution < 1.29 is 8.42 Å². The van der Waals surface area contributed by atoms with Crippen molar-refractivity contribution in [1.82, 2.24) is 19.5 Å². The highest BCUT2D eigenvalue weighted by Gasteiger charge is 2.07. The first-order valence-corrected chi connectivity index (χ1v) is 9.63. The lowest BCUT2D eigenvalue weighted by atomic mass is 10.1. The van der Waals surface area contributed by atoms with Gasteiger partial charge < -0.3 is 0 Å². The normalized spacial score (nSPS) is 11.9. The topological polar surface area (TPSA) is 76.9 Å². The Kier molecular flexibility index (Phi) is 5.29. The maximum atomic E-state index is 12.2. The Labute approximate surface area is 153 Å².